The first-order valence-corrected chi connectivity index (χ1v) is 11.3. The number of likely N-dealkylation sites (tertiary alicyclic amines) is 1. The van der Waals surface area contributed by atoms with Crippen molar-refractivity contribution < 1.29 is 14.4 Å². The number of rotatable bonds is 3. The standard InChI is InChI=1S/C25H26ClN3O3/c1-12(2)20-18-19(23(31)29(22(18)30)11-15-7-5-6-8-17(15)26)25(28-20)16-10-9-13(3)14(4)21(16)27-24(25)32/h5-10,12,18-20,28H,11H2,1-4H3,(H,27,32)/t18-,19-,20+,25+/m0/s1. The molecule has 7 heteroatoms. The Labute approximate surface area is 192 Å². The second kappa shape index (κ2) is 7.15. The van der Waals surface area contributed by atoms with Crippen LogP contribution in [-0.2, 0) is 26.5 Å². The van der Waals surface area contributed by atoms with Gasteiger partial charge in [-0.25, -0.2) is 0 Å². The van der Waals surface area contributed by atoms with Gasteiger partial charge < -0.3 is 5.32 Å². The first kappa shape index (κ1) is 21.2. The number of amides is 3. The number of nitrogens with zero attached hydrogens (tertiary/aromatic N) is 1. The van der Waals surface area contributed by atoms with E-state index in [1.165, 1.54) is 4.90 Å². The third-order valence-electron chi connectivity index (χ3n) is 7.45. The first-order valence-electron chi connectivity index (χ1n) is 11.0. The zero-order chi connectivity index (χ0) is 22.9. The van der Waals surface area contributed by atoms with Crippen LogP contribution >= 0.6 is 11.6 Å². The van der Waals surface area contributed by atoms with Crippen LogP contribution in [0.2, 0.25) is 5.02 Å². The Morgan fingerprint density at radius 1 is 1.06 bits per heavy atom. The number of hydrogen-bond acceptors (Lipinski definition) is 4. The lowest BCUT2D eigenvalue weighted by Crippen LogP contribution is -2.53. The molecular formula is C25H26ClN3O3. The number of carbonyl (C=O) groups is 3. The fourth-order valence-electron chi connectivity index (χ4n) is 5.64. The Bertz CT molecular complexity index is 1180. The lowest BCUT2D eigenvalue weighted by atomic mass is 9.75. The molecule has 4 atom stereocenters. The van der Waals surface area contributed by atoms with Gasteiger partial charge >= 0.3 is 0 Å². The molecule has 5 rings (SSSR count). The van der Waals surface area contributed by atoms with Crippen molar-refractivity contribution in [2.24, 2.45) is 17.8 Å². The van der Waals surface area contributed by atoms with Crippen molar-refractivity contribution in [3.05, 3.63) is 63.7 Å². The van der Waals surface area contributed by atoms with Gasteiger partial charge in [0.15, 0.2) is 0 Å². The number of hydrogen-bond donors (Lipinski definition) is 2. The molecule has 0 aromatic heterocycles. The maximum Gasteiger partial charge on any atom is 0.250 e. The summed E-state index contributed by atoms with van der Waals surface area (Å²) < 4.78 is 0. The van der Waals surface area contributed by atoms with Gasteiger partial charge in [0, 0.05) is 22.3 Å². The molecule has 0 saturated carbocycles. The Hall–Kier alpha value is -2.70. The van der Waals surface area contributed by atoms with Gasteiger partial charge in [0.25, 0.3) is 0 Å². The highest BCUT2D eigenvalue weighted by Crippen LogP contribution is 2.54. The van der Waals surface area contributed by atoms with Crippen LogP contribution in [0, 0.1) is 31.6 Å². The van der Waals surface area contributed by atoms with E-state index in [-0.39, 0.29) is 36.2 Å². The molecule has 0 unspecified atom stereocenters. The largest absolute Gasteiger partial charge is 0.324 e. The van der Waals surface area contributed by atoms with E-state index < -0.39 is 17.4 Å². The molecule has 2 saturated heterocycles. The van der Waals surface area contributed by atoms with Gasteiger partial charge in [-0.1, -0.05) is 55.8 Å². The normalized spacial score (nSPS) is 28.6. The van der Waals surface area contributed by atoms with Crippen LogP contribution in [0.3, 0.4) is 0 Å². The average Bonchev–Trinajstić information content (AvgIpc) is 3.34. The van der Waals surface area contributed by atoms with Gasteiger partial charge in [-0.15, -0.1) is 0 Å². The van der Waals surface area contributed by atoms with E-state index in [0.717, 1.165) is 22.4 Å². The van der Waals surface area contributed by atoms with E-state index in [9.17, 15) is 14.4 Å². The van der Waals surface area contributed by atoms with E-state index in [2.05, 4.69) is 10.6 Å². The smallest absolute Gasteiger partial charge is 0.250 e. The highest BCUT2D eigenvalue weighted by atomic mass is 35.5. The Balaban J connectivity index is 1.64. The molecule has 2 aromatic carbocycles. The highest BCUT2D eigenvalue weighted by Gasteiger charge is 2.70. The number of benzene rings is 2. The van der Waals surface area contributed by atoms with Gasteiger partial charge in [0.1, 0.15) is 5.54 Å². The van der Waals surface area contributed by atoms with Crippen molar-refractivity contribution in [1.29, 1.82) is 0 Å². The summed E-state index contributed by atoms with van der Waals surface area (Å²) in [6.07, 6.45) is 0. The van der Waals surface area contributed by atoms with E-state index in [4.69, 9.17) is 11.6 Å². The molecule has 2 aromatic rings. The molecule has 0 aliphatic carbocycles. The van der Waals surface area contributed by atoms with E-state index >= 15 is 0 Å². The number of imide groups is 1. The molecule has 0 bridgehead atoms. The second-order valence-corrected chi connectivity index (χ2v) is 9.87. The topological polar surface area (TPSA) is 78.5 Å². The van der Waals surface area contributed by atoms with Crippen molar-refractivity contribution in [2.45, 2.75) is 45.8 Å². The highest BCUT2D eigenvalue weighted by molar-refractivity contribution is 6.31. The minimum Gasteiger partial charge on any atom is -0.324 e. The number of aryl methyl sites for hydroxylation is 1. The van der Waals surface area contributed by atoms with E-state index in [0.29, 0.717) is 10.6 Å². The molecule has 6 nitrogen and oxygen atoms in total. The Morgan fingerprint density at radius 3 is 2.47 bits per heavy atom. The number of carbonyl (C=O) groups excluding carboxylic acids is 3. The molecule has 2 fully saturated rings. The van der Waals surface area contributed by atoms with Crippen LogP contribution in [0.5, 0.6) is 0 Å². The maximum absolute atomic E-state index is 13.8. The molecule has 1 spiro atoms. The summed E-state index contributed by atoms with van der Waals surface area (Å²) in [5.74, 6) is -2.18. The summed E-state index contributed by atoms with van der Waals surface area (Å²) in [4.78, 5) is 42.2. The first-order chi connectivity index (χ1) is 15.2. The van der Waals surface area contributed by atoms with Crippen molar-refractivity contribution in [2.75, 3.05) is 5.32 Å². The molecule has 3 aliphatic rings. The maximum atomic E-state index is 13.8. The zero-order valence-electron chi connectivity index (χ0n) is 18.5. The fourth-order valence-corrected chi connectivity index (χ4v) is 5.83. The molecule has 0 radical (unpaired) electrons. The summed E-state index contributed by atoms with van der Waals surface area (Å²) in [5, 5.41) is 6.99. The predicted molar refractivity (Wildman–Crippen MR) is 122 cm³/mol. The third-order valence-corrected chi connectivity index (χ3v) is 7.82. The fraction of sp³-hybridized carbons (Fsp3) is 0.400. The lowest BCUT2D eigenvalue weighted by Gasteiger charge is -2.30. The summed E-state index contributed by atoms with van der Waals surface area (Å²) in [6, 6.07) is 10.8. The van der Waals surface area contributed by atoms with Gasteiger partial charge in [-0.3, -0.25) is 24.6 Å². The number of halogens is 1. The third kappa shape index (κ3) is 2.66. The number of fused-ring (bicyclic) bond motifs is 4. The van der Waals surface area contributed by atoms with Crippen molar-refractivity contribution in [3.8, 4) is 0 Å². The molecular weight excluding hydrogens is 426 g/mol. The van der Waals surface area contributed by atoms with Gasteiger partial charge in [0.05, 0.1) is 18.4 Å². The summed E-state index contributed by atoms with van der Waals surface area (Å²) in [5.41, 5.74) is 2.99. The van der Waals surface area contributed by atoms with Crippen LogP contribution in [0.25, 0.3) is 0 Å². The van der Waals surface area contributed by atoms with Crippen molar-refractivity contribution >= 4 is 35.0 Å². The minimum atomic E-state index is -1.25. The zero-order valence-corrected chi connectivity index (χ0v) is 19.3. The second-order valence-electron chi connectivity index (χ2n) is 9.46. The summed E-state index contributed by atoms with van der Waals surface area (Å²) in [7, 11) is 0. The van der Waals surface area contributed by atoms with E-state index in [1.54, 1.807) is 6.07 Å². The minimum absolute atomic E-state index is 0.0577. The predicted octanol–water partition coefficient (Wildman–Crippen LogP) is 3.53. The van der Waals surface area contributed by atoms with Crippen molar-refractivity contribution in [1.82, 2.24) is 10.2 Å². The average molecular weight is 452 g/mol. The number of anilines is 1. The van der Waals surface area contributed by atoms with Crippen LogP contribution in [0.4, 0.5) is 5.69 Å². The molecule has 3 heterocycles. The van der Waals surface area contributed by atoms with Crippen LogP contribution in [-0.4, -0.2) is 28.7 Å². The molecule has 3 aliphatic heterocycles. The van der Waals surface area contributed by atoms with Gasteiger partial charge in [-0.2, -0.15) is 0 Å². The Kier molecular flexibility index (Phi) is 4.73. The molecule has 166 valence electrons. The summed E-state index contributed by atoms with van der Waals surface area (Å²) >= 11 is 6.32. The van der Waals surface area contributed by atoms with Crippen molar-refractivity contribution in [3.63, 3.8) is 0 Å². The summed E-state index contributed by atoms with van der Waals surface area (Å²) in [6.45, 7) is 8.08. The van der Waals surface area contributed by atoms with Crippen LogP contribution in [0.1, 0.15) is 36.1 Å². The molecule has 32 heavy (non-hydrogen) atoms. The quantitative estimate of drug-likeness (QED) is 0.700. The Morgan fingerprint density at radius 2 is 1.78 bits per heavy atom. The van der Waals surface area contributed by atoms with Crippen LogP contribution < -0.4 is 10.6 Å². The monoisotopic (exact) mass is 451 g/mol. The van der Waals surface area contributed by atoms with Gasteiger partial charge in [0.2, 0.25) is 17.7 Å². The van der Waals surface area contributed by atoms with Crippen LogP contribution in [0.15, 0.2) is 36.4 Å². The van der Waals surface area contributed by atoms with E-state index in [1.807, 2.05) is 58.0 Å². The molecule has 3 amide bonds. The lowest BCUT2D eigenvalue weighted by molar-refractivity contribution is -0.143. The molecule has 2 N–H and O–H groups in total. The SMILES string of the molecule is Cc1ccc2c(c1C)NC(=O)[C@@]21N[C@H](C(C)C)[C@H]2C(=O)N(Cc3ccccc3Cl)C(=O)[C@H]21. The van der Waals surface area contributed by atoms with Gasteiger partial charge in [-0.05, 0) is 42.5 Å². The number of nitrogens with one attached hydrogen (secondary N) is 2.